The minimum atomic E-state index is -0.975. The summed E-state index contributed by atoms with van der Waals surface area (Å²) in [6, 6.07) is 13.0. The van der Waals surface area contributed by atoms with Gasteiger partial charge in [0.25, 0.3) is 5.56 Å². The number of carbonyl (C=O) groups is 2. The number of halogens is 1. The van der Waals surface area contributed by atoms with Gasteiger partial charge >= 0.3 is 0 Å². The van der Waals surface area contributed by atoms with Crippen LogP contribution in [0.5, 0.6) is 0 Å². The van der Waals surface area contributed by atoms with Gasteiger partial charge in [0.15, 0.2) is 0 Å². The highest BCUT2D eigenvalue weighted by atomic mass is 19.1. The maximum atomic E-state index is 13.8. The van der Waals surface area contributed by atoms with E-state index >= 15 is 0 Å². The Labute approximate surface area is 172 Å². The van der Waals surface area contributed by atoms with E-state index in [2.05, 4.69) is 15.7 Å². The summed E-state index contributed by atoms with van der Waals surface area (Å²) in [6.45, 7) is 4.78. The molecule has 0 aliphatic heterocycles. The van der Waals surface area contributed by atoms with Crippen molar-refractivity contribution in [3.8, 4) is 11.3 Å². The average molecular weight is 408 g/mol. The molecule has 0 bridgehead atoms. The summed E-state index contributed by atoms with van der Waals surface area (Å²) in [5.74, 6) is -1.35. The fourth-order valence-electron chi connectivity index (χ4n) is 2.87. The van der Waals surface area contributed by atoms with Crippen LogP contribution >= 0.6 is 0 Å². The van der Waals surface area contributed by atoms with Gasteiger partial charge in [-0.2, -0.15) is 5.10 Å². The third-order valence-electron chi connectivity index (χ3n) is 4.55. The lowest BCUT2D eigenvalue weighted by Crippen LogP contribution is -2.33. The van der Waals surface area contributed by atoms with E-state index in [1.54, 1.807) is 18.2 Å². The topological polar surface area (TPSA) is 93.1 Å². The van der Waals surface area contributed by atoms with Gasteiger partial charge in [0.05, 0.1) is 11.4 Å². The monoisotopic (exact) mass is 408 g/mol. The van der Waals surface area contributed by atoms with Crippen molar-refractivity contribution < 1.29 is 14.0 Å². The zero-order valence-electron chi connectivity index (χ0n) is 16.8. The maximum absolute atomic E-state index is 13.8. The molecule has 2 aromatic carbocycles. The van der Waals surface area contributed by atoms with Crippen LogP contribution in [0.1, 0.15) is 25.5 Å². The van der Waals surface area contributed by atoms with Crippen LogP contribution in [-0.2, 0) is 9.59 Å². The molecule has 0 spiro atoms. The smallest absolute Gasteiger partial charge is 0.267 e. The summed E-state index contributed by atoms with van der Waals surface area (Å²) >= 11 is 0. The first-order chi connectivity index (χ1) is 14.3. The molecular formula is C22H21FN4O3. The molecule has 3 aromatic rings. The zero-order chi connectivity index (χ0) is 21.8. The Morgan fingerprint density at radius 2 is 1.77 bits per heavy atom. The van der Waals surface area contributed by atoms with Crippen molar-refractivity contribution in [3.63, 3.8) is 0 Å². The summed E-state index contributed by atoms with van der Waals surface area (Å²) < 4.78 is 14.9. The zero-order valence-corrected chi connectivity index (χ0v) is 16.8. The number of aryl methyl sites for hydroxylation is 1. The van der Waals surface area contributed by atoms with Crippen molar-refractivity contribution in [2.45, 2.75) is 26.8 Å². The van der Waals surface area contributed by atoms with Gasteiger partial charge in [0, 0.05) is 24.2 Å². The number of aromatic nitrogens is 2. The van der Waals surface area contributed by atoms with Crippen LogP contribution in [0.4, 0.5) is 15.8 Å². The van der Waals surface area contributed by atoms with Crippen LogP contribution < -0.4 is 16.2 Å². The second-order valence-corrected chi connectivity index (χ2v) is 6.86. The summed E-state index contributed by atoms with van der Waals surface area (Å²) in [5.41, 5.74) is 2.18. The number of para-hydroxylation sites is 1. The Bertz CT molecular complexity index is 1170. The minimum absolute atomic E-state index is 0.0250. The van der Waals surface area contributed by atoms with Crippen LogP contribution in [0.3, 0.4) is 0 Å². The van der Waals surface area contributed by atoms with Gasteiger partial charge in [0.1, 0.15) is 11.9 Å². The van der Waals surface area contributed by atoms with Gasteiger partial charge in [-0.1, -0.05) is 24.3 Å². The normalized spacial score (nSPS) is 11.6. The van der Waals surface area contributed by atoms with E-state index in [-0.39, 0.29) is 11.6 Å². The van der Waals surface area contributed by atoms with Gasteiger partial charge < -0.3 is 10.6 Å². The van der Waals surface area contributed by atoms with E-state index < -0.39 is 23.3 Å². The Morgan fingerprint density at radius 1 is 1.03 bits per heavy atom. The third kappa shape index (κ3) is 4.60. The Morgan fingerprint density at radius 3 is 2.47 bits per heavy atom. The molecule has 154 valence electrons. The fourth-order valence-corrected chi connectivity index (χ4v) is 2.87. The first-order valence-corrected chi connectivity index (χ1v) is 9.30. The molecule has 1 aromatic heterocycles. The Balaban J connectivity index is 1.92. The van der Waals surface area contributed by atoms with E-state index in [9.17, 15) is 18.8 Å². The number of rotatable bonds is 5. The molecule has 0 saturated heterocycles. The molecule has 0 aliphatic rings. The quantitative estimate of drug-likeness (QED) is 0.676. The molecule has 0 radical (unpaired) electrons. The van der Waals surface area contributed by atoms with Crippen LogP contribution in [-0.4, -0.2) is 21.6 Å². The molecule has 8 heteroatoms. The van der Waals surface area contributed by atoms with Gasteiger partial charge in [-0.15, -0.1) is 0 Å². The predicted molar refractivity (Wildman–Crippen MR) is 113 cm³/mol. The molecule has 0 fully saturated rings. The fraction of sp³-hybridized carbons (Fsp3) is 0.182. The van der Waals surface area contributed by atoms with Crippen LogP contribution in [0.15, 0.2) is 59.4 Å². The van der Waals surface area contributed by atoms with E-state index in [1.165, 1.54) is 38.1 Å². The van der Waals surface area contributed by atoms with E-state index in [4.69, 9.17) is 0 Å². The SMILES string of the molecule is CC(=O)Nc1cc(-c2ccc(=O)n([C@H](C)C(=O)Nc3ccccc3F)n2)ccc1C. The molecule has 3 rings (SSSR count). The van der Waals surface area contributed by atoms with Gasteiger partial charge in [-0.05, 0) is 43.7 Å². The van der Waals surface area contributed by atoms with E-state index in [0.29, 0.717) is 16.9 Å². The van der Waals surface area contributed by atoms with Crippen molar-refractivity contribution in [1.29, 1.82) is 0 Å². The van der Waals surface area contributed by atoms with Crippen molar-refractivity contribution in [3.05, 3.63) is 76.3 Å². The average Bonchev–Trinajstić information content (AvgIpc) is 2.71. The van der Waals surface area contributed by atoms with Gasteiger partial charge in [-0.25, -0.2) is 9.07 Å². The highest BCUT2D eigenvalue weighted by molar-refractivity contribution is 5.93. The molecule has 2 amide bonds. The number of nitrogens with zero attached hydrogens (tertiary/aromatic N) is 2. The number of carbonyl (C=O) groups excluding carboxylic acids is 2. The molecule has 0 saturated carbocycles. The second-order valence-electron chi connectivity index (χ2n) is 6.86. The third-order valence-corrected chi connectivity index (χ3v) is 4.55. The van der Waals surface area contributed by atoms with Gasteiger partial charge in [-0.3, -0.25) is 14.4 Å². The lowest BCUT2D eigenvalue weighted by atomic mass is 10.1. The van der Waals surface area contributed by atoms with Crippen LogP contribution in [0, 0.1) is 12.7 Å². The molecule has 30 heavy (non-hydrogen) atoms. The predicted octanol–water partition coefficient (Wildman–Crippen LogP) is 3.52. The minimum Gasteiger partial charge on any atom is -0.326 e. The first kappa shape index (κ1) is 20.9. The number of benzene rings is 2. The number of amides is 2. The maximum Gasteiger partial charge on any atom is 0.267 e. The van der Waals surface area contributed by atoms with E-state index in [1.807, 2.05) is 19.1 Å². The largest absolute Gasteiger partial charge is 0.326 e. The van der Waals surface area contributed by atoms with Crippen LogP contribution in [0.2, 0.25) is 0 Å². The Kier molecular flexibility index (Phi) is 6.06. The lowest BCUT2D eigenvalue weighted by molar-refractivity contribution is -0.119. The molecule has 1 heterocycles. The van der Waals surface area contributed by atoms with Crippen LogP contribution in [0.25, 0.3) is 11.3 Å². The second kappa shape index (κ2) is 8.69. The van der Waals surface area contributed by atoms with Crippen molar-refractivity contribution in [2.24, 2.45) is 0 Å². The number of nitrogens with one attached hydrogen (secondary N) is 2. The van der Waals surface area contributed by atoms with Crippen molar-refractivity contribution >= 4 is 23.2 Å². The first-order valence-electron chi connectivity index (χ1n) is 9.30. The molecule has 1 atom stereocenters. The summed E-state index contributed by atoms with van der Waals surface area (Å²) in [6.07, 6.45) is 0. The highest BCUT2D eigenvalue weighted by Crippen LogP contribution is 2.24. The molecule has 7 nitrogen and oxygen atoms in total. The van der Waals surface area contributed by atoms with E-state index in [0.717, 1.165) is 10.2 Å². The van der Waals surface area contributed by atoms with Crippen molar-refractivity contribution in [1.82, 2.24) is 9.78 Å². The summed E-state index contributed by atoms with van der Waals surface area (Å²) in [5, 5.41) is 9.53. The lowest BCUT2D eigenvalue weighted by Gasteiger charge is -2.16. The molecule has 0 aliphatic carbocycles. The Hall–Kier alpha value is -3.81. The standard InChI is InChI=1S/C22H21FN4O3/c1-13-8-9-16(12-20(13)24-15(3)28)18-10-11-21(29)27(26-18)14(2)22(30)25-19-7-5-4-6-17(19)23/h4-12,14H,1-3H3,(H,24,28)(H,25,30)/t14-/m1/s1. The number of hydrogen-bond acceptors (Lipinski definition) is 4. The highest BCUT2D eigenvalue weighted by Gasteiger charge is 2.19. The van der Waals surface area contributed by atoms with Crippen molar-refractivity contribution in [2.75, 3.05) is 10.6 Å². The summed E-state index contributed by atoms with van der Waals surface area (Å²) in [4.78, 5) is 36.3. The molecule has 2 N–H and O–H groups in total. The molecular weight excluding hydrogens is 387 g/mol. The van der Waals surface area contributed by atoms with Gasteiger partial charge in [0.2, 0.25) is 11.8 Å². The number of anilines is 2. The summed E-state index contributed by atoms with van der Waals surface area (Å²) in [7, 11) is 0. The molecule has 0 unspecified atom stereocenters. The number of hydrogen-bond donors (Lipinski definition) is 2.